The molecule has 3 aromatic rings. The van der Waals surface area contributed by atoms with Crippen molar-refractivity contribution in [1.82, 2.24) is 0 Å². The van der Waals surface area contributed by atoms with Crippen LogP contribution in [0.1, 0.15) is 5.56 Å². The van der Waals surface area contributed by atoms with Gasteiger partial charge in [0.1, 0.15) is 0 Å². The molecule has 0 amide bonds. The highest BCUT2D eigenvalue weighted by atomic mass is 32.2. The summed E-state index contributed by atoms with van der Waals surface area (Å²) in [5.41, 5.74) is 3.10. The first kappa shape index (κ1) is 15.3. The molecule has 3 heteroatoms. The summed E-state index contributed by atoms with van der Waals surface area (Å²) < 4.78 is 24.4. The third kappa shape index (κ3) is 3.76. The summed E-state index contributed by atoms with van der Waals surface area (Å²) in [6.45, 7) is 0. The Labute approximate surface area is 136 Å². The van der Waals surface area contributed by atoms with Gasteiger partial charge in [-0.25, -0.2) is 8.42 Å². The fourth-order valence-electron chi connectivity index (χ4n) is 2.27. The second kappa shape index (κ2) is 6.63. The van der Waals surface area contributed by atoms with Gasteiger partial charge in [-0.05, 0) is 34.9 Å². The van der Waals surface area contributed by atoms with E-state index in [-0.39, 0.29) is 0 Å². The van der Waals surface area contributed by atoms with Crippen molar-refractivity contribution in [2.75, 3.05) is 0 Å². The minimum Gasteiger partial charge on any atom is -0.219 e. The van der Waals surface area contributed by atoms with Gasteiger partial charge < -0.3 is 0 Å². The lowest BCUT2D eigenvalue weighted by atomic mass is 10.0. The van der Waals surface area contributed by atoms with Crippen LogP contribution in [-0.2, 0) is 9.84 Å². The quantitative estimate of drug-likeness (QED) is 0.692. The van der Waals surface area contributed by atoms with Crippen LogP contribution in [-0.4, -0.2) is 8.42 Å². The molecule has 0 aliphatic heterocycles. The van der Waals surface area contributed by atoms with E-state index in [4.69, 9.17) is 0 Å². The topological polar surface area (TPSA) is 34.1 Å². The first-order valence-corrected chi connectivity index (χ1v) is 8.83. The summed E-state index contributed by atoms with van der Waals surface area (Å²) in [5, 5.41) is 1.25. The maximum atomic E-state index is 12.2. The van der Waals surface area contributed by atoms with Crippen molar-refractivity contribution >= 4 is 15.9 Å². The third-order valence-electron chi connectivity index (χ3n) is 3.53. The van der Waals surface area contributed by atoms with Gasteiger partial charge >= 0.3 is 0 Å². The Morgan fingerprint density at radius 3 is 1.74 bits per heavy atom. The molecule has 0 fully saturated rings. The van der Waals surface area contributed by atoms with E-state index in [2.05, 4.69) is 0 Å². The third-order valence-corrected chi connectivity index (χ3v) is 4.95. The molecule has 0 saturated carbocycles. The normalized spacial score (nSPS) is 11.7. The lowest BCUT2D eigenvalue weighted by Gasteiger charge is -2.02. The average Bonchev–Trinajstić information content (AvgIpc) is 2.62. The molecule has 0 saturated heterocycles. The standard InChI is InChI=1S/C20H16O2S/c21-23(22,20-9-5-2-6-10-20)16-15-17-11-13-19(14-12-17)18-7-3-1-4-8-18/h1-16H. The summed E-state index contributed by atoms with van der Waals surface area (Å²) in [5.74, 6) is 0. The van der Waals surface area contributed by atoms with Gasteiger partial charge in [0.2, 0.25) is 0 Å². The molecule has 0 spiro atoms. The molecule has 3 aromatic carbocycles. The highest BCUT2D eigenvalue weighted by Gasteiger charge is 2.08. The molecule has 0 aromatic heterocycles. The van der Waals surface area contributed by atoms with Crippen LogP contribution >= 0.6 is 0 Å². The first-order chi connectivity index (χ1) is 11.1. The highest BCUT2D eigenvalue weighted by molar-refractivity contribution is 7.94. The van der Waals surface area contributed by atoms with Crippen molar-refractivity contribution in [2.24, 2.45) is 0 Å². The molecule has 0 radical (unpaired) electrons. The minimum absolute atomic E-state index is 0.303. The van der Waals surface area contributed by atoms with Gasteiger partial charge in [-0.3, -0.25) is 0 Å². The number of sulfone groups is 1. The molecule has 23 heavy (non-hydrogen) atoms. The van der Waals surface area contributed by atoms with Gasteiger partial charge in [0.05, 0.1) is 4.90 Å². The van der Waals surface area contributed by atoms with Crippen molar-refractivity contribution in [3.05, 3.63) is 95.9 Å². The summed E-state index contributed by atoms with van der Waals surface area (Å²) in [7, 11) is -3.40. The van der Waals surface area contributed by atoms with E-state index < -0.39 is 9.84 Å². The molecule has 0 unspecified atom stereocenters. The number of benzene rings is 3. The number of hydrogen-bond acceptors (Lipinski definition) is 2. The summed E-state index contributed by atoms with van der Waals surface area (Å²) in [6.07, 6.45) is 1.62. The largest absolute Gasteiger partial charge is 0.219 e. The number of rotatable bonds is 4. The van der Waals surface area contributed by atoms with Crippen LogP contribution in [0.5, 0.6) is 0 Å². The summed E-state index contributed by atoms with van der Waals surface area (Å²) in [4.78, 5) is 0.303. The molecule has 0 bridgehead atoms. The predicted molar refractivity (Wildman–Crippen MR) is 94.5 cm³/mol. The van der Waals surface area contributed by atoms with Crippen molar-refractivity contribution in [3.63, 3.8) is 0 Å². The molecule has 0 heterocycles. The van der Waals surface area contributed by atoms with Crippen LogP contribution in [0.3, 0.4) is 0 Å². The van der Waals surface area contributed by atoms with Crippen LogP contribution in [0.15, 0.2) is 95.2 Å². The molecular weight excluding hydrogens is 304 g/mol. The Bertz CT molecular complexity index is 895. The van der Waals surface area contributed by atoms with Gasteiger partial charge in [-0.1, -0.05) is 72.8 Å². The lowest BCUT2D eigenvalue weighted by Crippen LogP contribution is -1.95. The van der Waals surface area contributed by atoms with Gasteiger partial charge in [-0.15, -0.1) is 0 Å². The maximum absolute atomic E-state index is 12.2. The molecular formula is C20H16O2S. The van der Waals surface area contributed by atoms with Crippen LogP contribution in [0.2, 0.25) is 0 Å². The zero-order valence-electron chi connectivity index (χ0n) is 12.5. The Morgan fingerprint density at radius 2 is 1.13 bits per heavy atom. The molecule has 3 rings (SSSR count). The van der Waals surface area contributed by atoms with E-state index in [1.165, 1.54) is 5.41 Å². The van der Waals surface area contributed by atoms with Gasteiger partial charge in [0, 0.05) is 5.41 Å². The van der Waals surface area contributed by atoms with Crippen molar-refractivity contribution < 1.29 is 8.42 Å². The van der Waals surface area contributed by atoms with Crippen LogP contribution in [0.4, 0.5) is 0 Å². The summed E-state index contributed by atoms with van der Waals surface area (Å²) >= 11 is 0. The maximum Gasteiger partial charge on any atom is 0.199 e. The van der Waals surface area contributed by atoms with Crippen LogP contribution in [0.25, 0.3) is 17.2 Å². The second-order valence-electron chi connectivity index (χ2n) is 5.15. The van der Waals surface area contributed by atoms with E-state index in [0.717, 1.165) is 16.7 Å². The van der Waals surface area contributed by atoms with E-state index in [9.17, 15) is 8.42 Å². The Balaban J connectivity index is 1.81. The predicted octanol–water partition coefficient (Wildman–Crippen LogP) is 4.80. The molecule has 0 aliphatic carbocycles. The minimum atomic E-state index is -3.40. The fraction of sp³-hybridized carbons (Fsp3) is 0. The van der Waals surface area contributed by atoms with E-state index in [1.54, 1.807) is 36.4 Å². The molecule has 0 atom stereocenters. The molecule has 114 valence electrons. The van der Waals surface area contributed by atoms with Crippen molar-refractivity contribution in [1.29, 1.82) is 0 Å². The molecule has 0 aliphatic rings. The average molecular weight is 320 g/mol. The monoisotopic (exact) mass is 320 g/mol. The van der Waals surface area contributed by atoms with E-state index >= 15 is 0 Å². The Kier molecular flexibility index (Phi) is 4.40. The fourth-order valence-corrected chi connectivity index (χ4v) is 3.30. The summed E-state index contributed by atoms with van der Waals surface area (Å²) in [6, 6.07) is 26.3. The highest BCUT2D eigenvalue weighted by Crippen LogP contribution is 2.20. The zero-order valence-corrected chi connectivity index (χ0v) is 13.3. The SMILES string of the molecule is O=S(=O)(C=Cc1ccc(-c2ccccc2)cc1)c1ccccc1. The van der Waals surface area contributed by atoms with Gasteiger partial charge in [0.15, 0.2) is 9.84 Å². The first-order valence-electron chi connectivity index (χ1n) is 7.29. The van der Waals surface area contributed by atoms with Gasteiger partial charge in [0.25, 0.3) is 0 Å². The van der Waals surface area contributed by atoms with Gasteiger partial charge in [-0.2, -0.15) is 0 Å². The lowest BCUT2D eigenvalue weighted by molar-refractivity contribution is 0.605. The van der Waals surface area contributed by atoms with E-state index in [1.807, 2.05) is 54.6 Å². The Morgan fingerprint density at radius 1 is 0.609 bits per heavy atom. The van der Waals surface area contributed by atoms with Crippen molar-refractivity contribution in [2.45, 2.75) is 4.90 Å². The Hall–Kier alpha value is -2.65. The van der Waals surface area contributed by atoms with Crippen LogP contribution in [0, 0.1) is 0 Å². The van der Waals surface area contributed by atoms with E-state index in [0.29, 0.717) is 4.90 Å². The second-order valence-corrected chi connectivity index (χ2v) is 6.98. The molecule has 2 nitrogen and oxygen atoms in total. The smallest absolute Gasteiger partial charge is 0.199 e. The molecule has 0 N–H and O–H groups in total. The van der Waals surface area contributed by atoms with Crippen molar-refractivity contribution in [3.8, 4) is 11.1 Å². The number of hydrogen-bond donors (Lipinski definition) is 0. The zero-order chi connectivity index (χ0) is 16.1. The van der Waals surface area contributed by atoms with Crippen LogP contribution < -0.4 is 0 Å².